The van der Waals surface area contributed by atoms with Crippen molar-refractivity contribution in [2.45, 2.75) is 0 Å². The number of para-hydroxylation sites is 4. The fourth-order valence-electron chi connectivity index (χ4n) is 9.41. The number of thiophene rings is 1. The lowest BCUT2D eigenvalue weighted by atomic mass is 9.93. The van der Waals surface area contributed by atoms with Crippen molar-refractivity contribution < 1.29 is 8.83 Å². The molecule has 0 aliphatic carbocycles. The van der Waals surface area contributed by atoms with Crippen LogP contribution in [0.5, 0.6) is 0 Å². The van der Waals surface area contributed by atoms with Gasteiger partial charge in [-0.25, -0.2) is 0 Å². The molecule has 276 valence electrons. The molecule has 4 heterocycles. The number of benzene rings is 9. The summed E-state index contributed by atoms with van der Waals surface area (Å²) >= 11 is 1.85. The van der Waals surface area contributed by atoms with Gasteiger partial charge in [-0.3, -0.25) is 0 Å². The maximum atomic E-state index is 6.75. The number of hydrogen-bond donors (Lipinski definition) is 0. The molecule has 0 fully saturated rings. The van der Waals surface area contributed by atoms with Crippen LogP contribution in [0, 0.1) is 0 Å². The van der Waals surface area contributed by atoms with Crippen molar-refractivity contribution in [3.05, 3.63) is 194 Å². The summed E-state index contributed by atoms with van der Waals surface area (Å²) in [5, 5.41) is 9.43. The lowest BCUT2D eigenvalue weighted by Gasteiger charge is -2.25. The number of aromatic nitrogens is 1. The third kappa shape index (κ3) is 4.83. The predicted octanol–water partition coefficient (Wildman–Crippen LogP) is 16.1. The highest BCUT2D eigenvalue weighted by Gasteiger charge is 2.25. The molecule has 4 nitrogen and oxygen atoms in total. The first-order valence-corrected chi connectivity index (χ1v) is 20.7. The fourth-order valence-corrected chi connectivity index (χ4v) is 10.6. The van der Waals surface area contributed by atoms with Crippen LogP contribution in [0.1, 0.15) is 0 Å². The second-order valence-electron chi connectivity index (χ2n) is 15.2. The lowest BCUT2D eigenvalue weighted by molar-refractivity contribution is 0.668. The van der Waals surface area contributed by atoms with Crippen molar-refractivity contribution in [1.82, 2.24) is 4.57 Å². The van der Waals surface area contributed by atoms with Crippen molar-refractivity contribution in [3.63, 3.8) is 0 Å². The molecule has 59 heavy (non-hydrogen) atoms. The molecule has 0 saturated carbocycles. The van der Waals surface area contributed by atoms with E-state index in [2.05, 4.69) is 191 Å². The Morgan fingerprint density at radius 1 is 0.373 bits per heavy atom. The van der Waals surface area contributed by atoms with Crippen LogP contribution >= 0.6 is 11.3 Å². The average Bonchev–Trinajstić information content (AvgIpc) is 4.04. The molecule has 0 radical (unpaired) electrons. The molecule has 13 aromatic rings. The summed E-state index contributed by atoms with van der Waals surface area (Å²) in [7, 11) is 0. The summed E-state index contributed by atoms with van der Waals surface area (Å²) in [6.07, 6.45) is 0. The third-order valence-electron chi connectivity index (χ3n) is 12.0. The van der Waals surface area contributed by atoms with Gasteiger partial charge in [-0.15, -0.1) is 11.3 Å². The largest absolute Gasteiger partial charge is 0.456 e. The molecule has 0 amide bonds. The summed E-state index contributed by atoms with van der Waals surface area (Å²) in [6.45, 7) is 0. The van der Waals surface area contributed by atoms with Gasteiger partial charge in [0.25, 0.3) is 0 Å². The molecule has 0 aliphatic rings. The van der Waals surface area contributed by atoms with Crippen LogP contribution in [0.25, 0.3) is 103 Å². The molecule has 4 aromatic heterocycles. The quantitative estimate of drug-likeness (QED) is 0.175. The average molecular weight is 773 g/mol. The first kappa shape index (κ1) is 32.5. The Balaban J connectivity index is 1.13. The Hall–Kier alpha value is -7.60. The Labute approximate surface area is 342 Å². The normalized spacial score (nSPS) is 12.1. The van der Waals surface area contributed by atoms with Crippen molar-refractivity contribution in [1.29, 1.82) is 0 Å². The zero-order valence-electron chi connectivity index (χ0n) is 31.6. The Kier molecular flexibility index (Phi) is 6.85. The van der Waals surface area contributed by atoms with Crippen LogP contribution in [0.4, 0.5) is 17.1 Å². The number of fused-ring (bicyclic) bond motifs is 12. The second kappa shape index (κ2) is 12.4. The van der Waals surface area contributed by atoms with Crippen molar-refractivity contribution in [2.24, 2.45) is 0 Å². The molecule has 0 N–H and O–H groups in total. The van der Waals surface area contributed by atoms with Crippen LogP contribution in [-0.2, 0) is 0 Å². The SMILES string of the molecule is c1ccc(N(c2ccc3c(c2)oc2ccccc23)c2ccc3c4c(-c5ccc6c(c5)sc5ccccc56)c5c(cc4n(-c4ccccc4)c3c2)oc2ccccc25)cc1. The highest BCUT2D eigenvalue weighted by Crippen LogP contribution is 2.49. The number of furan rings is 2. The number of hydrogen-bond acceptors (Lipinski definition) is 4. The van der Waals surface area contributed by atoms with Gasteiger partial charge in [0, 0.05) is 92.9 Å². The van der Waals surface area contributed by atoms with Crippen LogP contribution in [0.3, 0.4) is 0 Å². The molecular weight excluding hydrogens is 741 g/mol. The maximum Gasteiger partial charge on any atom is 0.138 e. The second-order valence-corrected chi connectivity index (χ2v) is 16.3. The summed E-state index contributed by atoms with van der Waals surface area (Å²) in [4.78, 5) is 2.33. The maximum absolute atomic E-state index is 6.75. The highest BCUT2D eigenvalue weighted by molar-refractivity contribution is 7.25. The van der Waals surface area contributed by atoms with Gasteiger partial charge in [0.05, 0.1) is 11.0 Å². The van der Waals surface area contributed by atoms with Gasteiger partial charge >= 0.3 is 0 Å². The third-order valence-corrected chi connectivity index (χ3v) is 13.1. The smallest absolute Gasteiger partial charge is 0.138 e. The number of anilines is 3. The summed E-state index contributed by atoms with van der Waals surface area (Å²) < 4.78 is 18.2. The highest BCUT2D eigenvalue weighted by atomic mass is 32.1. The summed E-state index contributed by atoms with van der Waals surface area (Å²) in [6, 6.07) is 69.5. The minimum absolute atomic E-state index is 0.860. The van der Waals surface area contributed by atoms with E-state index in [0.29, 0.717) is 0 Å². The van der Waals surface area contributed by atoms with Crippen molar-refractivity contribution in [2.75, 3.05) is 4.90 Å². The molecule has 0 unspecified atom stereocenters. The van der Waals surface area contributed by atoms with Crippen LogP contribution < -0.4 is 4.90 Å². The van der Waals surface area contributed by atoms with Crippen LogP contribution in [0.15, 0.2) is 203 Å². The minimum atomic E-state index is 0.860. The summed E-state index contributed by atoms with van der Waals surface area (Å²) in [5.41, 5.74) is 12.3. The van der Waals surface area contributed by atoms with E-state index in [9.17, 15) is 0 Å². The van der Waals surface area contributed by atoms with Gasteiger partial charge in [0.15, 0.2) is 0 Å². The van der Waals surface area contributed by atoms with E-state index >= 15 is 0 Å². The first-order valence-electron chi connectivity index (χ1n) is 19.9. The van der Waals surface area contributed by atoms with Crippen molar-refractivity contribution in [3.8, 4) is 16.8 Å². The molecule has 0 bridgehead atoms. The van der Waals surface area contributed by atoms with Crippen molar-refractivity contribution >= 4 is 114 Å². The Bertz CT molecular complexity index is 3800. The zero-order chi connectivity index (χ0) is 38.6. The van der Waals surface area contributed by atoms with E-state index in [-0.39, 0.29) is 0 Å². The summed E-state index contributed by atoms with van der Waals surface area (Å²) in [5.74, 6) is 0. The fraction of sp³-hybridized carbons (Fsp3) is 0. The molecule has 5 heteroatoms. The Morgan fingerprint density at radius 2 is 0.983 bits per heavy atom. The van der Waals surface area contributed by atoms with Gasteiger partial charge in [-0.05, 0) is 78.4 Å². The first-order chi connectivity index (χ1) is 29.2. The molecule has 0 atom stereocenters. The standard InChI is InChI=1S/C54H32N2O2S/c1-3-13-34(14-4-1)55(37-24-27-39-38-17-7-10-20-46(38)57-48(39)31-37)36-25-28-42-44(30-36)56(35-15-5-2-6-16-35)45-32-49-54(43-19-8-11-21-47(43)58-49)52(53(42)45)33-23-26-41-40-18-9-12-22-50(40)59-51(41)29-33/h1-32H. The van der Waals surface area contributed by atoms with Crippen LogP contribution in [0.2, 0.25) is 0 Å². The van der Waals surface area contributed by atoms with Gasteiger partial charge in [0.2, 0.25) is 0 Å². The van der Waals surface area contributed by atoms with E-state index in [1.165, 1.54) is 42.1 Å². The molecular formula is C54H32N2O2S. The monoisotopic (exact) mass is 772 g/mol. The minimum Gasteiger partial charge on any atom is -0.456 e. The molecule has 9 aromatic carbocycles. The molecule has 13 rings (SSSR count). The van der Waals surface area contributed by atoms with E-state index in [1.54, 1.807) is 0 Å². The van der Waals surface area contributed by atoms with Gasteiger partial charge < -0.3 is 18.3 Å². The molecule has 0 spiro atoms. The van der Waals surface area contributed by atoms with E-state index in [0.717, 1.165) is 77.7 Å². The van der Waals surface area contributed by atoms with E-state index in [1.807, 2.05) is 23.5 Å². The predicted molar refractivity (Wildman–Crippen MR) is 248 cm³/mol. The van der Waals surface area contributed by atoms with Gasteiger partial charge in [-0.2, -0.15) is 0 Å². The molecule has 0 aliphatic heterocycles. The molecule has 0 saturated heterocycles. The van der Waals surface area contributed by atoms with Crippen LogP contribution in [-0.4, -0.2) is 4.57 Å². The number of rotatable bonds is 5. The topological polar surface area (TPSA) is 34.5 Å². The zero-order valence-corrected chi connectivity index (χ0v) is 32.4. The van der Waals surface area contributed by atoms with E-state index < -0.39 is 0 Å². The van der Waals surface area contributed by atoms with E-state index in [4.69, 9.17) is 8.83 Å². The Morgan fingerprint density at radius 3 is 1.81 bits per heavy atom. The van der Waals surface area contributed by atoms with Gasteiger partial charge in [-0.1, -0.05) is 109 Å². The lowest BCUT2D eigenvalue weighted by Crippen LogP contribution is -2.09. The van der Waals surface area contributed by atoms with Gasteiger partial charge in [0.1, 0.15) is 22.3 Å². The number of nitrogens with zero attached hydrogens (tertiary/aromatic N) is 2.